The van der Waals surface area contributed by atoms with E-state index in [0.717, 1.165) is 5.39 Å². The fourth-order valence-electron chi connectivity index (χ4n) is 1.61. The molecule has 0 aliphatic heterocycles. The van der Waals surface area contributed by atoms with E-state index in [9.17, 15) is 9.18 Å². The number of hydrogen-bond acceptors (Lipinski definition) is 3. The lowest BCUT2D eigenvalue weighted by atomic mass is 10.2. The zero-order chi connectivity index (χ0) is 13.0. The van der Waals surface area contributed by atoms with Gasteiger partial charge >= 0.3 is 0 Å². The van der Waals surface area contributed by atoms with Gasteiger partial charge in [0.15, 0.2) is 0 Å². The summed E-state index contributed by atoms with van der Waals surface area (Å²) >= 11 is 0. The van der Waals surface area contributed by atoms with E-state index in [-0.39, 0.29) is 17.4 Å². The van der Waals surface area contributed by atoms with Crippen LogP contribution in [0.3, 0.4) is 0 Å². The summed E-state index contributed by atoms with van der Waals surface area (Å²) in [6.07, 6.45) is 0.716. The van der Waals surface area contributed by atoms with Gasteiger partial charge in [-0.25, -0.2) is 9.37 Å². The second kappa shape index (κ2) is 5.55. The molecule has 1 amide bonds. The van der Waals surface area contributed by atoms with E-state index in [1.165, 1.54) is 12.1 Å². The zero-order valence-electron chi connectivity index (χ0n) is 9.82. The monoisotopic (exact) mass is 247 g/mol. The molecule has 94 valence electrons. The minimum Gasteiger partial charge on any atom is -0.351 e. The van der Waals surface area contributed by atoms with E-state index < -0.39 is 0 Å². The highest BCUT2D eigenvalue weighted by Crippen LogP contribution is 2.13. The number of hydrogen-bond donors (Lipinski definition) is 2. The number of nitrogens with one attached hydrogen (secondary N) is 1. The molecule has 1 aromatic carbocycles. The Bertz CT molecular complexity index is 571. The summed E-state index contributed by atoms with van der Waals surface area (Å²) in [5, 5.41) is 3.50. The molecule has 0 aliphatic rings. The third-order valence-corrected chi connectivity index (χ3v) is 2.55. The number of aromatic nitrogens is 1. The molecule has 4 nitrogen and oxygen atoms in total. The number of fused-ring (bicyclic) bond motifs is 1. The number of halogens is 1. The highest BCUT2D eigenvalue weighted by atomic mass is 19.1. The van der Waals surface area contributed by atoms with E-state index in [1.54, 1.807) is 18.2 Å². The standard InChI is InChI=1S/C13H14FN3O/c14-10-4-2-9-3-5-11(17-12(9)8-10)13(18)16-7-1-6-15/h2-5,8H,1,6-7,15H2,(H,16,18). The van der Waals surface area contributed by atoms with Gasteiger partial charge in [-0.15, -0.1) is 0 Å². The van der Waals surface area contributed by atoms with Crippen LogP contribution in [0.25, 0.3) is 10.9 Å². The highest BCUT2D eigenvalue weighted by molar-refractivity contribution is 5.94. The molecule has 0 saturated carbocycles. The number of nitrogens with two attached hydrogens (primary N) is 1. The molecule has 0 atom stereocenters. The van der Waals surface area contributed by atoms with E-state index in [1.807, 2.05) is 0 Å². The maximum absolute atomic E-state index is 13.1. The van der Waals surface area contributed by atoms with Crippen molar-refractivity contribution in [1.82, 2.24) is 10.3 Å². The van der Waals surface area contributed by atoms with Crippen molar-refractivity contribution in [3.63, 3.8) is 0 Å². The lowest BCUT2D eigenvalue weighted by Gasteiger charge is -2.04. The number of nitrogens with zero attached hydrogens (tertiary/aromatic N) is 1. The van der Waals surface area contributed by atoms with E-state index >= 15 is 0 Å². The van der Waals surface area contributed by atoms with Crippen molar-refractivity contribution in [2.75, 3.05) is 13.1 Å². The molecule has 18 heavy (non-hydrogen) atoms. The smallest absolute Gasteiger partial charge is 0.269 e. The summed E-state index contributed by atoms with van der Waals surface area (Å²) in [4.78, 5) is 15.9. The molecule has 1 heterocycles. The van der Waals surface area contributed by atoms with Crippen LogP contribution in [0.1, 0.15) is 16.9 Å². The molecule has 0 spiro atoms. The number of benzene rings is 1. The number of carbonyl (C=O) groups excluding carboxylic acids is 1. The van der Waals surface area contributed by atoms with Crippen LogP contribution >= 0.6 is 0 Å². The van der Waals surface area contributed by atoms with Crippen LogP contribution in [0, 0.1) is 5.82 Å². The van der Waals surface area contributed by atoms with Crippen LogP contribution in [-0.4, -0.2) is 24.0 Å². The Kier molecular flexibility index (Phi) is 3.84. The Labute approximate surface area is 104 Å². The van der Waals surface area contributed by atoms with Gasteiger partial charge in [0.25, 0.3) is 5.91 Å². The molecule has 3 N–H and O–H groups in total. The summed E-state index contributed by atoms with van der Waals surface area (Å²) in [5.41, 5.74) is 6.09. The molecule has 1 aromatic heterocycles. The average Bonchev–Trinajstić information content (AvgIpc) is 2.38. The predicted octanol–water partition coefficient (Wildman–Crippen LogP) is 1.45. The molecule has 2 aromatic rings. The lowest BCUT2D eigenvalue weighted by Crippen LogP contribution is -2.26. The lowest BCUT2D eigenvalue weighted by molar-refractivity contribution is 0.0949. The Morgan fingerprint density at radius 3 is 2.89 bits per heavy atom. The van der Waals surface area contributed by atoms with Crippen LogP contribution in [0.5, 0.6) is 0 Å². The third kappa shape index (κ3) is 2.81. The van der Waals surface area contributed by atoms with Crippen molar-refractivity contribution >= 4 is 16.8 Å². The SMILES string of the molecule is NCCCNC(=O)c1ccc2ccc(F)cc2n1. The Morgan fingerprint density at radius 2 is 2.11 bits per heavy atom. The van der Waals surface area contributed by atoms with Crippen LogP contribution < -0.4 is 11.1 Å². The predicted molar refractivity (Wildman–Crippen MR) is 67.7 cm³/mol. The minimum atomic E-state index is -0.365. The second-order valence-electron chi connectivity index (χ2n) is 3.93. The quantitative estimate of drug-likeness (QED) is 0.803. The van der Waals surface area contributed by atoms with Crippen molar-refractivity contribution in [3.8, 4) is 0 Å². The summed E-state index contributed by atoms with van der Waals surface area (Å²) < 4.78 is 13.1. The number of amides is 1. The van der Waals surface area contributed by atoms with E-state index in [0.29, 0.717) is 25.0 Å². The van der Waals surface area contributed by atoms with Crippen LogP contribution in [0.15, 0.2) is 30.3 Å². The fourth-order valence-corrected chi connectivity index (χ4v) is 1.61. The minimum absolute atomic E-state index is 0.269. The Hall–Kier alpha value is -2.01. The summed E-state index contributed by atoms with van der Waals surface area (Å²) in [7, 11) is 0. The number of pyridine rings is 1. The van der Waals surface area contributed by atoms with Gasteiger partial charge in [0, 0.05) is 18.0 Å². The average molecular weight is 247 g/mol. The van der Waals surface area contributed by atoms with Crippen LogP contribution in [0.4, 0.5) is 4.39 Å². The van der Waals surface area contributed by atoms with Gasteiger partial charge in [-0.2, -0.15) is 0 Å². The normalized spacial score (nSPS) is 10.6. The van der Waals surface area contributed by atoms with E-state index in [4.69, 9.17) is 5.73 Å². The van der Waals surface area contributed by atoms with Gasteiger partial charge in [-0.3, -0.25) is 4.79 Å². The molecule has 0 saturated heterocycles. The van der Waals surface area contributed by atoms with Crippen molar-refractivity contribution in [2.45, 2.75) is 6.42 Å². The van der Waals surface area contributed by atoms with Crippen LogP contribution in [0.2, 0.25) is 0 Å². The maximum atomic E-state index is 13.1. The first kappa shape index (κ1) is 12.4. The largest absolute Gasteiger partial charge is 0.351 e. The molecular weight excluding hydrogens is 233 g/mol. The topological polar surface area (TPSA) is 68.0 Å². The van der Waals surface area contributed by atoms with E-state index in [2.05, 4.69) is 10.3 Å². The van der Waals surface area contributed by atoms with Gasteiger partial charge in [0.2, 0.25) is 0 Å². The molecule has 0 radical (unpaired) electrons. The second-order valence-corrected chi connectivity index (χ2v) is 3.93. The summed E-state index contributed by atoms with van der Waals surface area (Å²) in [6.45, 7) is 1.04. The maximum Gasteiger partial charge on any atom is 0.269 e. The van der Waals surface area contributed by atoms with Gasteiger partial charge in [0.05, 0.1) is 5.52 Å². The molecule has 5 heteroatoms. The first-order chi connectivity index (χ1) is 8.70. The highest BCUT2D eigenvalue weighted by Gasteiger charge is 2.07. The number of rotatable bonds is 4. The molecule has 0 aliphatic carbocycles. The number of carbonyl (C=O) groups is 1. The Morgan fingerprint density at radius 1 is 1.33 bits per heavy atom. The molecule has 0 fully saturated rings. The summed E-state index contributed by atoms with van der Waals surface area (Å²) in [6, 6.07) is 7.68. The van der Waals surface area contributed by atoms with Gasteiger partial charge < -0.3 is 11.1 Å². The van der Waals surface area contributed by atoms with Crippen molar-refractivity contribution in [3.05, 3.63) is 41.8 Å². The molecule has 0 bridgehead atoms. The van der Waals surface area contributed by atoms with Gasteiger partial charge in [0.1, 0.15) is 11.5 Å². The van der Waals surface area contributed by atoms with Crippen LogP contribution in [-0.2, 0) is 0 Å². The molecular formula is C13H14FN3O. The van der Waals surface area contributed by atoms with Crippen molar-refractivity contribution < 1.29 is 9.18 Å². The Balaban J connectivity index is 2.21. The molecule has 0 unspecified atom stereocenters. The van der Waals surface area contributed by atoms with Gasteiger partial charge in [-0.1, -0.05) is 6.07 Å². The third-order valence-electron chi connectivity index (χ3n) is 2.55. The first-order valence-electron chi connectivity index (χ1n) is 5.75. The molecule has 2 rings (SSSR count). The summed E-state index contributed by atoms with van der Waals surface area (Å²) in [5.74, 6) is -0.634. The van der Waals surface area contributed by atoms with Gasteiger partial charge in [-0.05, 0) is 31.2 Å². The first-order valence-corrected chi connectivity index (χ1v) is 5.75. The van der Waals surface area contributed by atoms with Crippen molar-refractivity contribution in [2.24, 2.45) is 5.73 Å². The fraction of sp³-hybridized carbons (Fsp3) is 0.231. The zero-order valence-corrected chi connectivity index (χ0v) is 9.82. The van der Waals surface area contributed by atoms with Crippen molar-refractivity contribution in [1.29, 1.82) is 0 Å².